The van der Waals surface area contributed by atoms with Gasteiger partial charge in [0.25, 0.3) is 0 Å². The fourth-order valence-corrected chi connectivity index (χ4v) is 2.40. The quantitative estimate of drug-likeness (QED) is 0.133. The van der Waals surface area contributed by atoms with Crippen molar-refractivity contribution in [2.75, 3.05) is 12.4 Å². The van der Waals surface area contributed by atoms with Crippen LogP contribution in [0.1, 0.15) is 18.4 Å². The Kier molecular flexibility index (Phi) is 9.32. The normalized spacial score (nSPS) is 12.7. The third-order valence-electron chi connectivity index (χ3n) is 3.61. The van der Waals surface area contributed by atoms with Crippen LogP contribution in [-0.2, 0) is 20.8 Å². The summed E-state index contributed by atoms with van der Waals surface area (Å²) in [4.78, 5) is 39.9. The lowest BCUT2D eigenvalue weighted by atomic mass is 10.0. The molecule has 26 heavy (non-hydrogen) atoms. The number of rotatable bonds is 11. The lowest BCUT2D eigenvalue weighted by Gasteiger charge is -2.19. The van der Waals surface area contributed by atoms with Gasteiger partial charge in [-0.15, -0.1) is 11.6 Å². The lowest BCUT2D eigenvalue weighted by molar-refractivity contribution is -0.137. The Labute approximate surface area is 157 Å². The molecule has 0 aliphatic heterocycles. The highest BCUT2D eigenvalue weighted by Crippen LogP contribution is 2.05. The van der Waals surface area contributed by atoms with Crippen LogP contribution in [-0.4, -0.2) is 47.9 Å². The number of nitrogens with one attached hydrogen (secondary N) is 1. The maximum atomic E-state index is 12.3. The van der Waals surface area contributed by atoms with Gasteiger partial charge in [-0.3, -0.25) is 19.4 Å². The van der Waals surface area contributed by atoms with Crippen molar-refractivity contribution in [3.8, 4) is 0 Å². The summed E-state index contributed by atoms with van der Waals surface area (Å²) in [6.45, 7) is 0.271. The third kappa shape index (κ3) is 7.62. The van der Waals surface area contributed by atoms with Crippen LogP contribution < -0.4 is 22.5 Å². The van der Waals surface area contributed by atoms with E-state index in [9.17, 15) is 14.4 Å². The standard InChI is InChI=1S/C17H24ClN5O3/c18-10-14(24)15(25)13(7-4-8-22-17(20)21)23-16(26)12(19)9-11-5-2-1-3-6-11/h1-3,5-6,12-13H,4,7-10,19H2,(H,23,26)(H4,20,21,22)/t12-,13+/m1/s1. The summed E-state index contributed by atoms with van der Waals surface area (Å²) in [5, 5.41) is 2.54. The predicted octanol–water partition coefficient (Wildman–Crippen LogP) is -0.528. The third-order valence-corrected chi connectivity index (χ3v) is 3.85. The number of nitrogens with zero attached hydrogens (tertiary/aromatic N) is 1. The molecule has 2 atom stereocenters. The summed E-state index contributed by atoms with van der Waals surface area (Å²) in [5.74, 6) is -2.56. The van der Waals surface area contributed by atoms with E-state index in [1.165, 1.54) is 0 Å². The molecule has 8 nitrogen and oxygen atoms in total. The fraction of sp³-hybridized carbons (Fsp3) is 0.412. The molecular weight excluding hydrogens is 358 g/mol. The highest BCUT2D eigenvalue weighted by atomic mass is 35.5. The second-order valence-electron chi connectivity index (χ2n) is 5.73. The molecule has 1 amide bonds. The van der Waals surface area contributed by atoms with Gasteiger partial charge in [-0.25, -0.2) is 0 Å². The Morgan fingerprint density at radius 3 is 2.38 bits per heavy atom. The molecular formula is C17H24ClN5O3. The van der Waals surface area contributed by atoms with E-state index < -0.39 is 35.4 Å². The van der Waals surface area contributed by atoms with E-state index in [1.54, 1.807) is 0 Å². The summed E-state index contributed by atoms with van der Waals surface area (Å²) in [5.41, 5.74) is 17.3. The number of guanidine groups is 1. The first kappa shape index (κ1) is 21.6. The number of carbonyl (C=O) groups is 3. The number of halogens is 1. The Morgan fingerprint density at radius 2 is 1.81 bits per heavy atom. The topological polar surface area (TPSA) is 154 Å². The van der Waals surface area contributed by atoms with Gasteiger partial charge >= 0.3 is 0 Å². The van der Waals surface area contributed by atoms with Crippen molar-refractivity contribution in [2.24, 2.45) is 22.2 Å². The molecule has 142 valence electrons. The number of alkyl halides is 1. The smallest absolute Gasteiger partial charge is 0.237 e. The molecule has 0 saturated carbocycles. The minimum Gasteiger partial charge on any atom is -0.370 e. The molecule has 0 radical (unpaired) electrons. The van der Waals surface area contributed by atoms with Crippen LogP contribution in [0.4, 0.5) is 0 Å². The first-order valence-corrected chi connectivity index (χ1v) is 8.66. The van der Waals surface area contributed by atoms with Gasteiger partial charge in [-0.2, -0.15) is 0 Å². The number of hydrogen-bond donors (Lipinski definition) is 4. The van der Waals surface area contributed by atoms with Crippen molar-refractivity contribution in [1.29, 1.82) is 0 Å². The minimum absolute atomic E-state index is 0.0707. The molecule has 9 heteroatoms. The Hall–Kier alpha value is -2.45. The van der Waals surface area contributed by atoms with Gasteiger partial charge in [0.2, 0.25) is 17.5 Å². The SMILES string of the molecule is NC(N)=NCCC[C@H](NC(=O)[C@H](N)Cc1ccccc1)C(=O)C(=O)CCl. The van der Waals surface area contributed by atoms with Crippen molar-refractivity contribution in [3.05, 3.63) is 35.9 Å². The second-order valence-corrected chi connectivity index (χ2v) is 5.99. The predicted molar refractivity (Wildman–Crippen MR) is 101 cm³/mol. The van der Waals surface area contributed by atoms with Crippen molar-refractivity contribution < 1.29 is 14.4 Å². The Bertz CT molecular complexity index is 647. The number of amides is 1. The zero-order valence-corrected chi connectivity index (χ0v) is 15.1. The van der Waals surface area contributed by atoms with Gasteiger partial charge in [0.1, 0.15) is 0 Å². The monoisotopic (exact) mass is 381 g/mol. The molecule has 1 rings (SSSR count). The van der Waals surface area contributed by atoms with Gasteiger partial charge < -0.3 is 22.5 Å². The van der Waals surface area contributed by atoms with E-state index in [4.69, 9.17) is 28.8 Å². The molecule has 0 aliphatic carbocycles. The van der Waals surface area contributed by atoms with Crippen molar-refractivity contribution in [2.45, 2.75) is 31.3 Å². The van der Waals surface area contributed by atoms with E-state index in [1.807, 2.05) is 30.3 Å². The fourth-order valence-electron chi connectivity index (χ4n) is 2.27. The molecule has 0 heterocycles. The van der Waals surface area contributed by atoms with Gasteiger partial charge in [-0.1, -0.05) is 30.3 Å². The molecule has 0 aromatic heterocycles. The molecule has 1 aromatic carbocycles. The lowest BCUT2D eigenvalue weighted by Crippen LogP contribution is -2.50. The van der Waals surface area contributed by atoms with Crippen LogP contribution in [0, 0.1) is 0 Å². The number of hydrogen-bond acceptors (Lipinski definition) is 5. The summed E-state index contributed by atoms with van der Waals surface area (Å²) in [7, 11) is 0. The minimum atomic E-state index is -1.01. The van der Waals surface area contributed by atoms with Crippen LogP contribution in [0.3, 0.4) is 0 Å². The van der Waals surface area contributed by atoms with Crippen molar-refractivity contribution >= 4 is 35.0 Å². The summed E-state index contributed by atoms with van der Waals surface area (Å²) in [6.07, 6.45) is 0.908. The number of Topliss-reactive ketones (excluding diaryl/α,β-unsaturated/α-hetero) is 2. The average molecular weight is 382 g/mol. The van der Waals surface area contributed by atoms with Crippen LogP contribution >= 0.6 is 11.6 Å². The first-order valence-electron chi connectivity index (χ1n) is 8.13. The van der Waals surface area contributed by atoms with E-state index in [0.717, 1.165) is 5.56 Å². The molecule has 7 N–H and O–H groups in total. The van der Waals surface area contributed by atoms with Crippen LogP contribution in [0.25, 0.3) is 0 Å². The average Bonchev–Trinajstić information content (AvgIpc) is 2.63. The van der Waals surface area contributed by atoms with E-state index >= 15 is 0 Å². The van der Waals surface area contributed by atoms with E-state index in [0.29, 0.717) is 12.8 Å². The van der Waals surface area contributed by atoms with Crippen LogP contribution in [0.5, 0.6) is 0 Å². The van der Waals surface area contributed by atoms with E-state index in [-0.39, 0.29) is 18.9 Å². The van der Waals surface area contributed by atoms with Crippen LogP contribution in [0.2, 0.25) is 0 Å². The molecule has 0 saturated heterocycles. The molecule has 0 bridgehead atoms. The molecule has 1 aromatic rings. The van der Waals surface area contributed by atoms with Crippen molar-refractivity contribution in [3.63, 3.8) is 0 Å². The summed E-state index contributed by atoms with van der Waals surface area (Å²) < 4.78 is 0. The number of carbonyl (C=O) groups excluding carboxylic acids is 3. The largest absolute Gasteiger partial charge is 0.370 e. The van der Waals surface area contributed by atoms with Gasteiger partial charge in [0.05, 0.1) is 18.0 Å². The Morgan fingerprint density at radius 1 is 1.15 bits per heavy atom. The summed E-state index contributed by atoms with van der Waals surface area (Å²) >= 11 is 5.44. The molecule has 0 spiro atoms. The van der Waals surface area contributed by atoms with Crippen molar-refractivity contribution in [1.82, 2.24) is 5.32 Å². The summed E-state index contributed by atoms with van der Waals surface area (Å²) in [6, 6.07) is 7.38. The molecule has 0 fully saturated rings. The number of benzene rings is 1. The maximum Gasteiger partial charge on any atom is 0.237 e. The first-order chi connectivity index (χ1) is 12.3. The van der Waals surface area contributed by atoms with Gasteiger partial charge in [-0.05, 0) is 24.8 Å². The highest BCUT2D eigenvalue weighted by molar-refractivity contribution is 6.48. The van der Waals surface area contributed by atoms with Gasteiger partial charge in [0, 0.05) is 6.54 Å². The Balaban J connectivity index is 2.69. The van der Waals surface area contributed by atoms with Crippen LogP contribution in [0.15, 0.2) is 35.3 Å². The molecule has 0 aliphatic rings. The zero-order valence-electron chi connectivity index (χ0n) is 14.4. The zero-order chi connectivity index (χ0) is 19.5. The number of aliphatic imine (C=N–C) groups is 1. The maximum absolute atomic E-state index is 12.3. The number of nitrogens with two attached hydrogens (primary N) is 3. The second kappa shape index (κ2) is 11.2. The molecule has 0 unspecified atom stereocenters. The van der Waals surface area contributed by atoms with Gasteiger partial charge in [0.15, 0.2) is 5.96 Å². The highest BCUT2D eigenvalue weighted by Gasteiger charge is 2.27. The number of ketones is 2. The van der Waals surface area contributed by atoms with E-state index in [2.05, 4.69) is 10.3 Å².